The number of aliphatic hydroxyl groups excluding tert-OH is 1. The summed E-state index contributed by atoms with van der Waals surface area (Å²) in [5, 5.41) is 16.6. The van der Waals surface area contributed by atoms with E-state index in [0.717, 1.165) is 36.3 Å². The first-order chi connectivity index (χ1) is 13.5. The minimum atomic E-state index is -0.381. The molecule has 0 spiro atoms. The van der Waals surface area contributed by atoms with E-state index in [0.29, 0.717) is 29.0 Å². The number of rotatable bonds is 8. The lowest BCUT2D eigenvalue weighted by Gasteiger charge is -2.56. The molecular formula is C23H34Cl2N2O2. The largest absolute Gasteiger partial charge is 0.392 e. The third-order valence-corrected chi connectivity index (χ3v) is 7.60. The summed E-state index contributed by atoms with van der Waals surface area (Å²) in [5.74, 6) is 2.61. The number of nitrogens with one attached hydrogen (secondary N) is 2. The Kier molecular flexibility index (Phi) is 7.53. The first-order valence-electron chi connectivity index (χ1n) is 10.9. The summed E-state index contributed by atoms with van der Waals surface area (Å²) < 4.78 is 0. The maximum Gasteiger partial charge on any atom is 0.252 e. The van der Waals surface area contributed by atoms with Crippen molar-refractivity contribution in [1.82, 2.24) is 10.6 Å². The van der Waals surface area contributed by atoms with Gasteiger partial charge in [-0.1, -0.05) is 17.7 Å². The molecule has 162 valence electrons. The van der Waals surface area contributed by atoms with Crippen LogP contribution in [0.4, 0.5) is 0 Å². The fraction of sp³-hybridized carbons (Fsp3) is 0.696. The van der Waals surface area contributed by atoms with E-state index < -0.39 is 0 Å². The van der Waals surface area contributed by atoms with E-state index in [1.54, 1.807) is 6.07 Å². The van der Waals surface area contributed by atoms with Crippen molar-refractivity contribution in [3.63, 3.8) is 0 Å². The van der Waals surface area contributed by atoms with Crippen LogP contribution in [0.5, 0.6) is 0 Å². The lowest BCUT2D eigenvalue weighted by atomic mass is 9.49. The predicted molar refractivity (Wildman–Crippen MR) is 120 cm³/mol. The van der Waals surface area contributed by atoms with Crippen molar-refractivity contribution in [3.8, 4) is 0 Å². The molecule has 0 aromatic heterocycles. The maximum absolute atomic E-state index is 12.9. The van der Waals surface area contributed by atoms with Gasteiger partial charge in [0.05, 0.1) is 16.7 Å². The van der Waals surface area contributed by atoms with E-state index in [1.807, 2.05) is 19.2 Å². The van der Waals surface area contributed by atoms with Crippen molar-refractivity contribution >= 4 is 29.9 Å². The monoisotopic (exact) mass is 440 g/mol. The van der Waals surface area contributed by atoms with Crippen LogP contribution in [-0.2, 0) is 6.42 Å². The van der Waals surface area contributed by atoms with Crippen LogP contribution >= 0.6 is 24.0 Å². The lowest BCUT2D eigenvalue weighted by Crippen LogP contribution is -2.51. The summed E-state index contributed by atoms with van der Waals surface area (Å²) in [6.07, 6.45) is 9.13. The quantitative estimate of drug-likeness (QED) is 0.566. The predicted octanol–water partition coefficient (Wildman–Crippen LogP) is 4.22. The second-order valence-corrected chi connectivity index (χ2v) is 10.1. The molecule has 6 heteroatoms. The number of hydrogen-bond donors (Lipinski definition) is 3. The number of benzene rings is 1. The smallest absolute Gasteiger partial charge is 0.252 e. The standard InChI is InChI=1S/C23H33ClN2O2.ClH/c1-25-13-19(27)4-2-15-3-5-21(24)20(9-15)22(28)26-14-23-10-16-6-17(11-23)8-18(7-16)12-23;/h3,5,9,16-19,25,27H,2,4,6-8,10-14H2,1H3,(H,26,28);1H/t16?,17?,18?,19-,23?;/m0./s1. The summed E-state index contributed by atoms with van der Waals surface area (Å²) in [5.41, 5.74) is 1.93. The summed E-state index contributed by atoms with van der Waals surface area (Å²) in [7, 11) is 1.83. The van der Waals surface area contributed by atoms with Crippen molar-refractivity contribution in [2.45, 2.75) is 57.5 Å². The molecule has 1 atom stereocenters. The van der Waals surface area contributed by atoms with E-state index in [1.165, 1.54) is 38.5 Å². The van der Waals surface area contributed by atoms with Gasteiger partial charge in [-0.15, -0.1) is 12.4 Å². The molecule has 0 aliphatic heterocycles. The first kappa shape index (κ1) is 22.9. The van der Waals surface area contributed by atoms with Gasteiger partial charge in [0, 0.05) is 13.1 Å². The summed E-state index contributed by atoms with van der Waals surface area (Å²) in [4.78, 5) is 12.9. The van der Waals surface area contributed by atoms with Crippen molar-refractivity contribution in [2.75, 3.05) is 20.1 Å². The lowest BCUT2D eigenvalue weighted by molar-refractivity contribution is -0.0503. The Bertz CT molecular complexity index is 690. The third kappa shape index (κ3) is 5.28. The van der Waals surface area contributed by atoms with Gasteiger partial charge in [-0.05, 0) is 99.3 Å². The van der Waals surface area contributed by atoms with E-state index >= 15 is 0 Å². The normalized spacial score (nSPS) is 30.7. The van der Waals surface area contributed by atoms with Gasteiger partial charge in [-0.2, -0.15) is 0 Å². The summed E-state index contributed by atoms with van der Waals surface area (Å²) in [6, 6.07) is 5.65. The molecule has 4 bridgehead atoms. The topological polar surface area (TPSA) is 61.4 Å². The first-order valence-corrected chi connectivity index (χ1v) is 11.2. The molecule has 3 N–H and O–H groups in total. The highest BCUT2D eigenvalue weighted by atomic mass is 35.5. The number of amides is 1. The second-order valence-electron chi connectivity index (χ2n) is 9.66. The SMILES string of the molecule is CNC[C@@H](O)CCc1ccc(Cl)c(C(=O)NCC23CC4CC(CC(C4)C2)C3)c1.Cl. The molecule has 29 heavy (non-hydrogen) atoms. The minimum absolute atomic E-state index is 0. The van der Waals surface area contributed by atoms with E-state index in [4.69, 9.17) is 11.6 Å². The van der Waals surface area contributed by atoms with Gasteiger partial charge in [-0.25, -0.2) is 0 Å². The van der Waals surface area contributed by atoms with Crippen LogP contribution < -0.4 is 10.6 Å². The molecule has 4 nitrogen and oxygen atoms in total. The third-order valence-electron chi connectivity index (χ3n) is 7.27. The van der Waals surface area contributed by atoms with E-state index in [2.05, 4.69) is 10.6 Å². The zero-order chi connectivity index (χ0) is 19.7. The van der Waals surface area contributed by atoms with E-state index in [-0.39, 0.29) is 24.4 Å². The second kappa shape index (κ2) is 9.55. The Morgan fingerprint density at radius 1 is 1.21 bits per heavy atom. The molecule has 0 radical (unpaired) electrons. The van der Waals surface area contributed by atoms with Crippen molar-refractivity contribution < 1.29 is 9.90 Å². The number of aryl methyl sites for hydroxylation is 1. The van der Waals surface area contributed by atoms with Gasteiger partial charge in [0.15, 0.2) is 0 Å². The highest BCUT2D eigenvalue weighted by Crippen LogP contribution is 2.59. The van der Waals surface area contributed by atoms with Crippen LogP contribution in [0.3, 0.4) is 0 Å². The van der Waals surface area contributed by atoms with Gasteiger partial charge in [0.25, 0.3) is 5.91 Å². The molecule has 4 aliphatic carbocycles. The molecule has 5 rings (SSSR count). The zero-order valence-corrected chi connectivity index (χ0v) is 18.8. The zero-order valence-electron chi connectivity index (χ0n) is 17.3. The maximum atomic E-state index is 12.9. The number of carbonyl (C=O) groups is 1. The van der Waals surface area contributed by atoms with Crippen molar-refractivity contribution in [1.29, 1.82) is 0 Å². The molecule has 0 saturated heterocycles. The van der Waals surface area contributed by atoms with Crippen LogP contribution in [0.15, 0.2) is 18.2 Å². The Hall–Kier alpha value is -0.810. The average molecular weight is 441 g/mol. The van der Waals surface area contributed by atoms with Crippen LogP contribution in [0, 0.1) is 23.2 Å². The van der Waals surface area contributed by atoms with Gasteiger partial charge in [0.1, 0.15) is 0 Å². The highest BCUT2D eigenvalue weighted by Gasteiger charge is 2.50. The number of aliphatic hydroxyl groups is 1. The van der Waals surface area contributed by atoms with E-state index in [9.17, 15) is 9.90 Å². The molecule has 1 amide bonds. The van der Waals surface area contributed by atoms with Crippen molar-refractivity contribution in [2.24, 2.45) is 23.2 Å². The molecule has 0 heterocycles. The summed E-state index contributed by atoms with van der Waals surface area (Å²) in [6.45, 7) is 1.36. The Morgan fingerprint density at radius 2 is 1.83 bits per heavy atom. The molecule has 4 aliphatic rings. The Labute approximate surface area is 185 Å². The molecule has 1 aromatic rings. The van der Waals surface area contributed by atoms with Crippen LogP contribution in [-0.4, -0.2) is 37.3 Å². The molecule has 1 aromatic carbocycles. The van der Waals surface area contributed by atoms with Crippen molar-refractivity contribution in [3.05, 3.63) is 34.3 Å². The summed E-state index contributed by atoms with van der Waals surface area (Å²) >= 11 is 6.34. The fourth-order valence-corrected chi connectivity index (χ4v) is 6.65. The van der Waals surface area contributed by atoms with Gasteiger partial charge in [0.2, 0.25) is 0 Å². The number of likely N-dealkylation sites (N-methyl/N-ethyl adjacent to an activating group) is 1. The number of hydrogen-bond acceptors (Lipinski definition) is 3. The minimum Gasteiger partial charge on any atom is -0.392 e. The Morgan fingerprint density at radius 3 is 2.41 bits per heavy atom. The molecule has 4 saturated carbocycles. The van der Waals surface area contributed by atoms with Crippen LogP contribution in [0.2, 0.25) is 5.02 Å². The van der Waals surface area contributed by atoms with Gasteiger partial charge >= 0.3 is 0 Å². The Balaban J connectivity index is 0.00000240. The molecule has 0 unspecified atom stereocenters. The number of carbonyl (C=O) groups excluding carboxylic acids is 1. The van der Waals surface area contributed by atoms with Gasteiger partial charge < -0.3 is 15.7 Å². The fourth-order valence-electron chi connectivity index (χ4n) is 6.44. The van der Waals surface area contributed by atoms with Crippen LogP contribution in [0.1, 0.15) is 60.9 Å². The highest BCUT2D eigenvalue weighted by molar-refractivity contribution is 6.33. The van der Waals surface area contributed by atoms with Crippen LogP contribution in [0.25, 0.3) is 0 Å². The van der Waals surface area contributed by atoms with Gasteiger partial charge in [-0.3, -0.25) is 4.79 Å². The molecule has 4 fully saturated rings. The average Bonchev–Trinajstić information content (AvgIpc) is 2.65. The molecular weight excluding hydrogens is 407 g/mol. The number of halogens is 2.